The summed E-state index contributed by atoms with van der Waals surface area (Å²) in [6.45, 7) is 8.34. The largest absolute Gasteiger partial charge is 0.550 e. The Morgan fingerprint density at radius 1 is 0.281 bits per heavy atom. The lowest BCUT2D eigenvalue weighted by Crippen LogP contribution is -2.24. The van der Waals surface area contributed by atoms with E-state index in [0.29, 0.717) is 116 Å². The van der Waals surface area contributed by atoms with E-state index in [4.69, 9.17) is 37.9 Å². The SMILES string of the molecule is CCC1c2cc3c4cc2Oc2cc5nc(CC(=O)[O-])[nH]c5cc2Oc2cc5c(cc21)C(CC)c1cc2c(cc1Oc1cc6[nH]c(CC(=O)[O-])nc6cc1O5)Oc1cc5[nH]c(CC(=O)[O-])nc5cc1Oc1cc(c(cc1C2CC)C3CC)Oc1cc2[nH]c(CC(=O)[O-])nc2cc1O4. The fraction of sp³-hybridized carbons (Fsp3) is 0.222. The maximum absolute atomic E-state index is 12.0. The van der Waals surface area contributed by atoms with Crippen LogP contribution in [-0.4, -0.2) is 63.7 Å². The molecule has 24 heteroatoms. The summed E-state index contributed by atoms with van der Waals surface area (Å²) in [4.78, 5) is 79.0. The van der Waals surface area contributed by atoms with Crippen molar-refractivity contribution in [1.82, 2.24) is 39.9 Å². The van der Waals surface area contributed by atoms with Crippen LogP contribution in [0.1, 0.15) is 145 Å². The minimum absolute atomic E-state index is 0.146. The van der Waals surface area contributed by atoms with Crippen LogP contribution in [0.3, 0.4) is 0 Å². The molecule has 96 heavy (non-hydrogen) atoms. The Hall–Kier alpha value is -12.1. The monoisotopic (exact) mass is 1280 g/mol. The zero-order valence-electron chi connectivity index (χ0n) is 51.5. The number of rotatable bonds is 12. The van der Waals surface area contributed by atoms with Gasteiger partial charge in [-0.15, -0.1) is 0 Å². The number of benzene rings is 8. The predicted octanol–water partition coefficient (Wildman–Crippen LogP) is 10.4. The summed E-state index contributed by atoms with van der Waals surface area (Å²) >= 11 is 0. The van der Waals surface area contributed by atoms with Crippen LogP contribution < -0.4 is 58.3 Å². The van der Waals surface area contributed by atoms with E-state index < -0.39 is 73.2 Å². The van der Waals surface area contributed by atoms with E-state index in [0.717, 1.165) is 44.5 Å². The molecule has 0 saturated carbocycles. The molecule has 5 aliphatic rings. The van der Waals surface area contributed by atoms with Gasteiger partial charge < -0.3 is 97.4 Å². The van der Waals surface area contributed by atoms with Gasteiger partial charge in [0.1, 0.15) is 69.3 Å². The number of fused-ring (bicyclic) bond motifs is 8. The van der Waals surface area contributed by atoms with Crippen LogP contribution in [0.25, 0.3) is 44.1 Å². The number of carboxylic acid groups (broad SMARTS) is 4. The molecule has 24 nitrogen and oxygen atoms in total. The number of aromatic nitrogens is 8. The summed E-state index contributed by atoms with van der Waals surface area (Å²) < 4.78 is 58.0. The smallest absolute Gasteiger partial charge is 0.172 e. The van der Waals surface area contributed by atoms with Gasteiger partial charge in [0.05, 0.1) is 44.1 Å². The normalized spacial score (nSPS) is 16.6. The highest BCUT2D eigenvalue weighted by molar-refractivity contribution is 5.86. The van der Waals surface area contributed by atoms with Crippen LogP contribution in [0.5, 0.6) is 92.0 Å². The maximum atomic E-state index is 12.0. The van der Waals surface area contributed by atoms with Crippen LogP contribution >= 0.6 is 0 Å². The van der Waals surface area contributed by atoms with Crippen LogP contribution in [0.15, 0.2) is 97.1 Å². The fourth-order valence-corrected chi connectivity index (χ4v) is 14.4. The molecule has 4 N–H and O–H groups in total. The van der Waals surface area contributed by atoms with Crippen LogP contribution in [0.4, 0.5) is 0 Å². The van der Waals surface area contributed by atoms with E-state index in [1.807, 2.05) is 24.3 Å². The van der Waals surface area contributed by atoms with Gasteiger partial charge in [-0.05, 0) is 49.9 Å². The number of imidazole rings is 4. The molecule has 12 aromatic rings. The molecule has 1 aliphatic carbocycles. The summed E-state index contributed by atoms with van der Waals surface area (Å²) in [5.74, 6) is -1.96. The lowest BCUT2D eigenvalue weighted by atomic mass is 9.77. The number of carbonyl (C=O) groups excluding carboxylic acids is 4. The number of ether oxygens (including phenoxy) is 8. The van der Waals surface area contributed by atoms with Gasteiger partial charge >= 0.3 is 0 Å². The molecule has 8 heterocycles. The van der Waals surface area contributed by atoms with Crippen molar-refractivity contribution in [1.29, 1.82) is 0 Å². The molecule has 4 aromatic heterocycles. The molecule has 4 aliphatic heterocycles. The molecule has 0 radical (unpaired) electrons. The van der Waals surface area contributed by atoms with E-state index in [1.165, 1.54) is 0 Å². The second-order valence-electron chi connectivity index (χ2n) is 24.6. The first-order chi connectivity index (χ1) is 46.5. The molecular weight excluding hydrogens is 1230 g/mol. The number of hydrogen-bond donors (Lipinski definition) is 4. The molecule has 8 bridgehead atoms. The van der Waals surface area contributed by atoms with Gasteiger partial charge in [0.2, 0.25) is 0 Å². The van der Waals surface area contributed by atoms with Crippen molar-refractivity contribution in [2.24, 2.45) is 0 Å². The molecule has 4 atom stereocenters. The number of aromatic amines is 4. The van der Waals surface area contributed by atoms with Crippen molar-refractivity contribution in [3.05, 3.63) is 165 Å². The standard InChI is InChI=1S/C72H56N8O16/c1-5-29-33-9-35-30(6-2)37-11-39-32(8-4)40-12-38-31(7-3)36-10-34(29)50-22-52(36)92-60-16-44-46(78-67(76-44)27-71(85)86)18-62(60)94-54(38)24-56(40)96-64-20-48-47(79-68(80-48)28-72(87)88)19-63(64)95-55(39)23-53(37)93-61-17-45-43(75-66(77-45)26-70(83)84)15-59(61)91-51(35)21-49(33)89-57-13-41-42(14-58(57)90-50)74-65(73-41)25-69(81)82/h9-24,29-32H,5-8,25-28H2,1-4H3,(H,73,74)(H,75,77)(H,76,78)(H,79,80)(H,81,82)(H,83,84)(H,85,86)(H,87,88)/p-4. The Labute approximate surface area is 542 Å². The summed E-state index contributed by atoms with van der Waals surface area (Å²) in [6, 6.07) is 29.4. The first-order valence-corrected chi connectivity index (χ1v) is 31.5. The molecule has 480 valence electrons. The molecule has 0 amide bonds. The second kappa shape index (κ2) is 21.8. The van der Waals surface area contributed by atoms with Gasteiger partial charge in [-0.25, -0.2) is 19.9 Å². The zero-order chi connectivity index (χ0) is 65.7. The van der Waals surface area contributed by atoms with Crippen molar-refractivity contribution in [3.63, 3.8) is 0 Å². The van der Waals surface area contributed by atoms with Crippen LogP contribution in [0, 0.1) is 0 Å². The number of nitrogens with one attached hydrogen (secondary N) is 4. The lowest BCUT2D eigenvalue weighted by Gasteiger charge is -2.29. The van der Waals surface area contributed by atoms with E-state index in [2.05, 4.69) is 91.8 Å². The van der Waals surface area contributed by atoms with E-state index >= 15 is 0 Å². The third kappa shape index (κ3) is 9.64. The second-order valence-corrected chi connectivity index (χ2v) is 24.6. The zero-order valence-corrected chi connectivity index (χ0v) is 51.5. The number of hydrogen-bond acceptors (Lipinski definition) is 20. The maximum Gasteiger partial charge on any atom is 0.172 e. The molecule has 17 rings (SSSR count). The third-order valence-corrected chi connectivity index (χ3v) is 18.6. The quantitative estimate of drug-likeness (QED) is 0.0883. The van der Waals surface area contributed by atoms with Crippen molar-refractivity contribution >= 4 is 68.0 Å². The minimum atomic E-state index is -1.33. The number of nitrogens with zero attached hydrogens (tertiary/aromatic N) is 4. The summed E-state index contributed by atoms with van der Waals surface area (Å²) in [5, 5.41) is 47.9. The van der Waals surface area contributed by atoms with Crippen molar-refractivity contribution < 1.29 is 77.5 Å². The van der Waals surface area contributed by atoms with Gasteiger partial charge in [-0.3, -0.25) is 0 Å². The van der Waals surface area contributed by atoms with Crippen molar-refractivity contribution in [2.45, 2.75) is 103 Å². The van der Waals surface area contributed by atoms with Crippen molar-refractivity contribution in [2.75, 3.05) is 0 Å². The number of carbonyl (C=O) groups is 4. The Balaban J connectivity index is 1.01. The lowest BCUT2D eigenvalue weighted by molar-refractivity contribution is -0.306. The first-order valence-electron chi connectivity index (χ1n) is 31.5. The average molecular weight is 1290 g/mol. The average Bonchev–Trinajstić information content (AvgIpc) is 1.43. The Morgan fingerprint density at radius 3 is 0.625 bits per heavy atom. The van der Waals surface area contributed by atoms with Gasteiger partial charge in [-0.2, -0.15) is 0 Å². The topological polar surface area (TPSA) is 349 Å². The molecule has 0 fully saturated rings. The summed E-state index contributed by atoms with van der Waals surface area (Å²) in [7, 11) is 0. The number of aliphatic carboxylic acids is 4. The predicted molar refractivity (Wildman–Crippen MR) is 334 cm³/mol. The molecule has 0 spiro atoms. The molecule has 4 unspecified atom stereocenters. The van der Waals surface area contributed by atoms with E-state index in [-0.39, 0.29) is 69.3 Å². The highest BCUT2D eigenvalue weighted by Gasteiger charge is 2.38. The van der Waals surface area contributed by atoms with Gasteiger partial charge in [0.25, 0.3) is 0 Å². The Morgan fingerprint density at radius 2 is 0.458 bits per heavy atom. The van der Waals surface area contributed by atoms with Crippen LogP contribution in [0.2, 0.25) is 0 Å². The highest BCUT2D eigenvalue weighted by atomic mass is 16.5. The summed E-state index contributed by atoms with van der Waals surface area (Å²) in [5.41, 5.74) is 9.26. The Kier molecular flexibility index (Phi) is 13.1. The van der Waals surface area contributed by atoms with Crippen molar-refractivity contribution in [3.8, 4) is 92.0 Å². The van der Waals surface area contributed by atoms with Gasteiger partial charge in [-0.1, -0.05) is 27.7 Å². The molecule has 0 saturated heterocycles. The number of carboxylic acids is 4. The van der Waals surface area contributed by atoms with Crippen LogP contribution in [-0.2, 0) is 44.9 Å². The number of H-pyrrole nitrogens is 4. The highest BCUT2D eigenvalue weighted by Crippen LogP contribution is 2.59. The first kappa shape index (κ1) is 57.8. The third-order valence-electron chi connectivity index (χ3n) is 18.6. The molecule has 8 aromatic carbocycles. The van der Waals surface area contributed by atoms with Gasteiger partial charge in [0, 0.05) is 191 Å². The van der Waals surface area contributed by atoms with E-state index in [9.17, 15) is 39.6 Å². The fourth-order valence-electron chi connectivity index (χ4n) is 14.4. The molecular formula is C72H52N8O16-4. The summed E-state index contributed by atoms with van der Waals surface area (Å²) in [6.07, 6.45) is -0.0106. The van der Waals surface area contributed by atoms with Gasteiger partial charge in [0.15, 0.2) is 46.0 Å². The van der Waals surface area contributed by atoms with E-state index in [1.54, 1.807) is 48.5 Å². The minimum Gasteiger partial charge on any atom is -0.550 e. The Bertz CT molecular complexity index is 4480.